The third-order valence-corrected chi connectivity index (χ3v) is 8.33. The van der Waals surface area contributed by atoms with Gasteiger partial charge in [-0.2, -0.15) is 10.4 Å². The lowest BCUT2D eigenvalue weighted by Crippen LogP contribution is -2.53. The summed E-state index contributed by atoms with van der Waals surface area (Å²) in [6.45, 7) is 2.73. The summed E-state index contributed by atoms with van der Waals surface area (Å²) in [5, 5.41) is 46.6. The van der Waals surface area contributed by atoms with Gasteiger partial charge in [0, 0.05) is 23.0 Å². The molecule has 3 aliphatic rings. The first-order valence-electron chi connectivity index (χ1n) is 13.2. The number of pyridine rings is 1. The largest absolute Gasteiger partial charge is 0.390 e. The Morgan fingerprint density at radius 1 is 1.13 bits per heavy atom. The van der Waals surface area contributed by atoms with Crippen molar-refractivity contribution in [2.45, 2.75) is 81.8 Å². The van der Waals surface area contributed by atoms with E-state index in [1.165, 1.54) is 24.7 Å². The molecular formula is C28H31FN8O2. The first kappa shape index (κ1) is 25.4. The van der Waals surface area contributed by atoms with Crippen LogP contribution in [0.15, 0.2) is 42.9 Å². The second-order valence-electron chi connectivity index (χ2n) is 11.6. The minimum atomic E-state index is -1.51. The number of hydrogen-bond donors (Lipinski definition) is 3. The molecule has 3 fully saturated rings. The molecule has 4 aromatic rings. The van der Waals surface area contributed by atoms with Gasteiger partial charge in [-0.05, 0) is 76.6 Å². The maximum absolute atomic E-state index is 14.5. The van der Waals surface area contributed by atoms with Crippen molar-refractivity contribution >= 4 is 11.2 Å². The van der Waals surface area contributed by atoms with E-state index in [-0.39, 0.29) is 12.1 Å². The Balaban J connectivity index is 1.39. The lowest BCUT2D eigenvalue weighted by molar-refractivity contribution is -0.0579. The Morgan fingerprint density at radius 3 is 2.56 bits per heavy atom. The molecule has 4 aromatic heterocycles. The molecule has 39 heavy (non-hydrogen) atoms. The van der Waals surface area contributed by atoms with Crippen LogP contribution in [0.4, 0.5) is 10.1 Å². The van der Waals surface area contributed by atoms with Gasteiger partial charge in [0.15, 0.2) is 0 Å². The SMILES string of the molecule is CC(C)(O)C(F)Cn1cc(-c2cnc(-c3ccc4cc(C#N)cnn34)cc2NC23CCC(O)(CC2)CC3)nn1. The molecule has 2 bridgehead atoms. The molecule has 1 atom stereocenters. The lowest BCUT2D eigenvalue weighted by Gasteiger charge is -2.51. The fourth-order valence-electron chi connectivity index (χ4n) is 5.69. The van der Waals surface area contributed by atoms with Crippen molar-refractivity contribution in [1.29, 1.82) is 5.26 Å². The van der Waals surface area contributed by atoms with Gasteiger partial charge >= 0.3 is 0 Å². The molecule has 3 N–H and O–H groups in total. The number of halogens is 1. The smallest absolute Gasteiger partial charge is 0.148 e. The lowest BCUT2D eigenvalue weighted by atomic mass is 9.63. The van der Waals surface area contributed by atoms with Gasteiger partial charge < -0.3 is 15.5 Å². The number of nitriles is 1. The van der Waals surface area contributed by atoms with Crippen LogP contribution in [-0.4, -0.2) is 62.7 Å². The highest BCUT2D eigenvalue weighted by molar-refractivity contribution is 5.79. The third kappa shape index (κ3) is 4.75. The predicted molar refractivity (Wildman–Crippen MR) is 142 cm³/mol. The van der Waals surface area contributed by atoms with Gasteiger partial charge in [-0.25, -0.2) is 13.6 Å². The minimum absolute atomic E-state index is 0.125. The molecule has 1 unspecified atom stereocenters. The number of nitrogens with zero attached hydrogens (tertiary/aromatic N) is 7. The molecule has 0 amide bonds. The molecule has 0 radical (unpaired) electrons. The molecule has 3 aliphatic carbocycles. The summed E-state index contributed by atoms with van der Waals surface area (Å²) in [5.41, 5.74) is 2.62. The van der Waals surface area contributed by atoms with Gasteiger partial charge in [0.05, 0.1) is 52.6 Å². The molecule has 11 heteroatoms. The minimum Gasteiger partial charge on any atom is -0.390 e. The Morgan fingerprint density at radius 2 is 1.87 bits per heavy atom. The number of fused-ring (bicyclic) bond motifs is 4. The molecule has 0 spiro atoms. The standard InChI is InChI=1S/C28H31FN8O2/c1-26(2,38)25(29)17-36-16-23(34-35-36)20-15-31-22(24-4-3-19-11-18(13-30)14-32-37(19)24)12-21(20)33-27-5-8-28(39,9-6-27)10-7-27/h3-4,11-12,14-16,25,38-39H,5-10,17H2,1-2H3,(H,31,33). The van der Waals surface area contributed by atoms with E-state index in [0.717, 1.165) is 61.0 Å². The highest BCUT2D eigenvalue weighted by Gasteiger charge is 2.48. The number of aliphatic hydroxyl groups is 2. The van der Waals surface area contributed by atoms with E-state index in [4.69, 9.17) is 4.98 Å². The summed E-state index contributed by atoms with van der Waals surface area (Å²) in [6, 6.07) is 9.68. The molecule has 0 aliphatic heterocycles. The number of nitrogens with one attached hydrogen (secondary N) is 1. The maximum Gasteiger partial charge on any atom is 0.148 e. The summed E-state index contributed by atoms with van der Waals surface area (Å²) < 4.78 is 17.6. The molecule has 10 nitrogen and oxygen atoms in total. The summed E-state index contributed by atoms with van der Waals surface area (Å²) in [4.78, 5) is 4.73. The monoisotopic (exact) mass is 530 g/mol. The molecule has 0 saturated heterocycles. The third-order valence-electron chi connectivity index (χ3n) is 8.33. The van der Waals surface area contributed by atoms with Crippen LogP contribution in [-0.2, 0) is 6.54 Å². The van der Waals surface area contributed by atoms with Crippen LogP contribution < -0.4 is 5.32 Å². The van der Waals surface area contributed by atoms with Gasteiger partial charge in [-0.1, -0.05) is 5.21 Å². The highest BCUT2D eigenvalue weighted by atomic mass is 19.1. The maximum atomic E-state index is 14.5. The Labute approximate surface area is 225 Å². The van der Waals surface area contributed by atoms with E-state index in [1.54, 1.807) is 23.0 Å². The van der Waals surface area contributed by atoms with Crippen molar-refractivity contribution in [2.75, 3.05) is 5.32 Å². The molecule has 3 saturated carbocycles. The first-order valence-corrected chi connectivity index (χ1v) is 13.2. The zero-order chi connectivity index (χ0) is 27.4. The number of hydrogen-bond acceptors (Lipinski definition) is 8. The Bertz CT molecular complexity index is 1560. The van der Waals surface area contributed by atoms with E-state index in [2.05, 4.69) is 26.8 Å². The van der Waals surface area contributed by atoms with Crippen molar-refractivity contribution in [3.8, 4) is 28.7 Å². The molecule has 0 aromatic carbocycles. The fourth-order valence-corrected chi connectivity index (χ4v) is 5.69. The quantitative estimate of drug-likeness (QED) is 0.327. The van der Waals surface area contributed by atoms with Crippen LogP contribution in [0.2, 0.25) is 0 Å². The Kier molecular flexibility index (Phi) is 5.93. The van der Waals surface area contributed by atoms with Gasteiger partial charge in [-0.3, -0.25) is 4.98 Å². The van der Waals surface area contributed by atoms with Gasteiger partial charge in [0.25, 0.3) is 0 Å². The van der Waals surface area contributed by atoms with Gasteiger partial charge in [0.2, 0.25) is 0 Å². The summed E-state index contributed by atoms with van der Waals surface area (Å²) in [6.07, 6.45) is 8.25. The topological polar surface area (TPSA) is 137 Å². The van der Waals surface area contributed by atoms with Gasteiger partial charge in [-0.15, -0.1) is 5.10 Å². The highest BCUT2D eigenvalue weighted by Crippen LogP contribution is 2.49. The Hall–Kier alpha value is -3.88. The summed E-state index contributed by atoms with van der Waals surface area (Å²) in [5.74, 6) is 0. The average Bonchev–Trinajstić information content (AvgIpc) is 3.56. The first-order chi connectivity index (χ1) is 18.6. The fraction of sp³-hybridized carbons (Fsp3) is 0.464. The van der Waals surface area contributed by atoms with Crippen LogP contribution in [0.5, 0.6) is 0 Å². The second kappa shape index (κ2) is 9.10. The predicted octanol–water partition coefficient (Wildman–Crippen LogP) is 3.89. The summed E-state index contributed by atoms with van der Waals surface area (Å²) in [7, 11) is 0. The number of anilines is 1. The molecular weight excluding hydrogens is 499 g/mol. The van der Waals surface area contributed by atoms with E-state index >= 15 is 0 Å². The van der Waals surface area contributed by atoms with Crippen LogP contribution in [0.25, 0.3) is 28.2 Å². The molecule has 202 valence electrons. The van der Waals surface area contributed by atoms with Crippen LogP contribution in [0.1, 0.15) is 57.9 Å². The molecule has 4 heterocycles. The van der Waals surface area contributed by atoms with Crippen molar-refractivity contribution in [2.24, 2.45) is 0 Å². The summed E-state index contributed by atoms with van der Waals surface area (Å²) >= 11 is 0. The van der Waals surface area contributed by atoms with Crippen molar-refractivity contribution in [3.05, 3.63) is 48.4 Å². The number of aromatic nitrogens is 6. The second-order valence-corrected chi connectivity index (χ2v) is 11.6. The van der Waals surface area contributed by atoms with Gasteiger partial charge in [0.1, 0.15) is 17.9 Å². The van der Waals surface area contributed by atoms with Crippen LogP contribution >= 0.6 is 0 Å². The van der Waals surface area contributed by atoms with E-state index in [0.29, 0.717) is 17.0 Å². The molecule has 7 rings (SSSR count). The number of alkyl halides is 1. The van der Waals surface area contributed by atoms with E-state index in [9.17, 15) is 19.9 Å². The zero-order valence-electron chi connectivity index (χ0n) is 22.0. The van der Waals surface area contributed by atoms with Crippen molar-refractivity contribution in [1.82, 2.24) is 29.6 Å². The van der Waals surface area contributed by atoms with Crippen molar-refractivity contribution in [3.63, 3.8) is 0 Å². The normalized spacial score (nSPS) is 23.6. The van der Waals surface area contributed by atoms with Crippen molar-refractivity contribution < 1.29 is 14.6 Å². The van der Waals surface area contributed by atoms with Crippen LogP contribution in [0.3, 0.4) is 0 Å². The van der Waals surface area contributed by atoms with E-state index in [1.807, 2.05) is 18.2 Å². The van der Waals surface area contributed by atoms with Crippen LogP contribution in [0, 0.1) is 11.3 Å². The van der Waals surface area contributed by atoms with E-state index < -0.39 is 17.4 Å². The zero-order valence-corrected chi connectivity index (χ0v) is 22.0. The number of rotatable bonds is 7. The average molecular weight is 531 g/mol.